The van der Waals surface area contributed by atoms with E-state index in [1.807, 2.05) is 0 Å². The van der Waals surface area contributed by atoms with E-state index in [-0.39, 0.29) is 12.2 Å². The smallest absolute Gasteiger partial charge is 0.160 e. The standard InChI is InChI=1S/C24H40O3/c1-6-15-7-8-18-21-19(10-12-23(15,18)4)24(5)11-9-17(25)13-16(24)14-20(21)27-22(2,3)26/h6,16-21,25-26H,7-14H2,1-5H3/b15-6-/t16?,17-,18?,19?,20+,21?,23-,24+/m1/s1. The molecule has 0 aromatic heterocycles. The molecule has 8 atom stereocenters. The van der Waals surface area contributed by atoms with E-state index in [1.54, 1.807) is 19.4 Å². The second-order valence-corrected chi connectivity index (χ2v) is 11.1. The van der Waals surface area contributed by atoms with Gasteiger partial charge in [0.05, 0.1) is 12.2 Å². The molecule has 0 spiro atoms. The number of aliphatic hydroxyl groups is 2. The number of allylic oxidation sites excluding steroid dienone is 2. The van der Waals surface area contributed by atoms with Gasteiger partial charge in [0.25, 0.3) is 0 Å². The average molecular weight is 377 g/mol. The average Bonchev–Trinajstić information content (AvgIpc) is 2.91. The Bertz CT molecular complexity index is 605. The van der Waals surface area contributed by atoms with Crippen molar-refractivity contribution in [2.24, 2.45) is 34.5 Å². The molecule has 27 heavy (non-hydrogen) atoms. The number of aliphatic hydroxyl groups excluding tert-OH is 1. The maximum absolute atomic E-state index is 10.5. The third-order valence-corrected chi connectivity index (χ3v) is 9.27. The first-order valence-corrected chi connectivity index (χ1v) is 11.3. The fraction of sp³-hybridized carbons (Fsp3) is 0.917. The molecule has 0 amide bonds. The zero-order valence-corrected chi connectivity index (χ0v) is 18.0. The first kappa shape index (κ1) is 19.9. The third kappa shape index (κ3) is 3.13. The molecule has 0 radical (unpaired) electrons. The Morgan fingerprint density at radius 3 is 2.48 bits per heavy atom. The summed E-state index contributed by atoms with van der Waals surface area (Å²) in [5.74, 6) is 1.28. The van der Waals surface area contributed by atoms with Crippen LogP contribution in [0, 0.1) is 34.5 Å². The van der Waals surface area contributed by atoms with Crippen LogP contribution in [-0.4, -0.2) is 28.2 Å². The van der Waals surface area contributed by atoms with E-state index in [2.05, 4.69) is 26.8 Å². The highest BCUT2D eigenvalue weighted by molar-refractivity contribution is 5.24. The molecule has 0 aromatic carbocycles. The zero-order chi connectivity index (χ0) is 19.6. The van der Waals surface area contributed by atoms with Crippen molar-refractivity contribution in [1.29, 1.82) is 0 Å². The number of hydrogen-bond acceptors (Lipinski definition) is 3. The predicted octanol–water partition coefficient (Wildman–Crippen LogP) is 5.06. The molecule has 4 fully saturated rings. The maximum Gasteiger partial charge on any atom is 0.160 e. The molecule has 154 valence electrons. The van der Waals surface area contributed by atoms with Crippen LogP contribution < -0.4 is 0 Å². The molecule has 4 rings (SSSR count). The zero-order valence-electron chi connectivity index (χ0n) is 18.0. The van der Waals surface area contributed by atoms with Gasteiger partial charge in [0.2, 0.25) is 0 Å². The quantitative estimate of drug-likeness (QED) is 0.523. The summed E-state index contributed by atoms with van der Waals surface area (Å²) in [6.45, 7) is 10.8. The van der Waals surface area contributed by atoms with Gasteiger partial charge < -0.3 is 14.9 Å². The van der Waals surface area contributed by atoms with Crippen LogP contribution in [0.25, 0.3) is 0 Å². The Kier molecular flexibility index (Phi) is 4.85. The fourth-order valence-corrected chi connectivity index (χ4v) is 7.99. The highest BCUT2D eigenvalue weighted by Crippen LogP contribution is 2.67. The Labute approximate surface area is 165 Å². The molecule has 2 N–H and O–H groups in total. The molecule has 4 unspecified atom stereocenters. The lowest BCUT2D eigenvalue weighted by Crippen LogP contribution is -2.59. The van der Waals surface area contributed by atoms with E-state index in [0.29, 0.717) is 34.5 Å². The number of ether oxygens (including phenoxy) is 1. The van der Waals surface area contributed by atoms with Crippen LogP contribution in [0.2, 0.25) is 0 Å². The summed E-state index contributed by atoms with van der Waals surface area (Å²) in [4.78, 5) is 0. The van der Waals surface area contributed by atoms with Crippen molar-refractivity contribution in [3.63, 3.8) is 0 Å². The second-order valence-electron chi connectivity index (χ2n) is 11.1. The minimum absolute atomic E-state index is 0.110. The summed E-state index contributed by atoms with van der Waals surface area (Å²) in [6.07, 6.45) is 11.4. The molecular formula is C24H40O3. The van der Waals surface area contributed by atoms with Crippen molar-refractivity contribution < 1.29 is 14.9 Å². The lowest BCUT2D eigenvalue weighted by atomic mass is 9.44. The summed E-state index contributed by atoms with van der Waals surface area (Å²) in [7, 11) is 0. The highest BCUT2D eigenvalue weighted by Gasteiger charge is 2.62. The van der Waals surface area contributed by atoms with E-state index in [1.165, 1.54) is 25.7 Å². The first-order valence-electron chi connectivity index (χ1n) is 11.3. The van der Waals surface area contributed by atoms with E-state index >= 15 is 0 Å². The van der Waals surface area contributed by atoms with E-state index in [0.717, 1.165) is 25.7 Å². The van der Waals surface area contributed by atoms with Crippen LogP contribution in [-0.2, 0) is 4.74 Å². The summed E-state index contributed by atoms with van der Waals surface area (Å²) < 4.78 is 6.35. The summed E-state index contributed by atoms with van der Waals surface area (Å²) in [5, 5.41) is 20.8. The van der Waals surface area contributed by atoms with Gasteiger partial charge in [0.1, 0.15) is 0 Å². The topological polar surface area (TPSA) is 49.7 Å². The Hall–Kier alpha value is -0.380. The molecule has 4 aliphatic rings. The van der Waals surface area contributed by atoms with Crippen molar-refractivity contribution in [3.8, 4) is 0 Å². The number of fused-ring (bicyclic) bond motifs is 5. The molecule has 4 aliphatic carbocycles. The predicted molar refractivity (Wildman–Crippen MR) is 108 cm³/mol. The molecular weight excluding hydrogens is 336 g/mol. The van der Waals surface area contributed by atoms with Gasteiger partial charge in [-0.25, -0.2) is 0 Å². The minimum Gasteiger partial charge on any atom is -0.393 e. The fourth-order valence-electron chi connectivity index (χ4n) is 7.99. The van der Waals surface area contributed by atoms with Crippen molar-refractivity contribution in [2.75, 3.05) is 0 Å². The Balaban J connectivity index is 1.72. The van der Waals surface area contributed by atoms with Crippen LogP contribution in [0.15, 0.2) is 11.6 Å². The molecule has 4 saturated carbocycles. The maximum atomic E-state index is 10.5. The van der Waals surface area contributed by atoms with Crippen molar-refractivity contribution >= 4 is 0 Å². The lowest BCUT2D eigenvalue weighted by Gasteiger charge is -2.62. The lowest BCUT2D eigenvalue weighted by molar-refractivity contribution is -0.263. The largest absolute Gasteiger partial charge is 0.393 e. The molecule has 3 heteroatoms. The van der Waals surface area contributed by atoms with E-state index in [9.17, 15) is 10.2 Å². The molecule has 0 saturated heterocycles. The van der Waals surface area contributed by atoms with Gasteiger partial charge in [-0.2, -0.15) is 0 Å². The van der Waals surface area contributed by atoms with Crippen molar-refractivity contribution in [3.05, 3.63) is 11.6 Å². The van der Waals surface area contributed by atoms with Gasteiger partial charge in [-0.3, -0.25) is 0 Å². The highest BCUT2D eigenvalue weighted by atomic mass is 16.6. The molecule has 0 aliphatic heterocycles. The summed E-state index contributed by atoms with van der Waals surface area (Å²) in [6, 6.07) is 0. The first-order chi connectivity index (χ1) is 12.6. The monoisotopic (exact) mass is 376 g/mol. The molecule has 0 aromatic rings. The Morgan fingerprint density at radius 1 is 1.07 bits per heavy atom. The van der Waals surface area contributed by atoms with Gasteiger partial charge in [0.15, 0.2) is 5.79 Å². The van der Waals surface area contributed by atoms with Crippen LogP contribution >= 0.6 is 0 Å². The van der Waals surface area contributed by atoms with Crippen LogP contribution in [0.3, 0.4) is 0 Å². The normalized spacial score (nSPS) is 51.6. The van der Waals surface area contributed by atoms with Crippen molar-refractivity contribution in [1.82, 2.24) is 0 Å². The van der Waals surface area contributed by atoms with E-state index in [4.69, 9.17) is 4.74 Å². The SMILES string of the molecule is C/C=C1/CCC2C3C(CC[C@]12C)[C@@]1(C)CC[C@@H](O)CC1C[C@@H]3OC(C)(C)O. The molecule has 0 heterocycles. The number of rotatable bonds is 2. The molecule has 3 nitrogen and oxygen atoms in total. The van der Waals surface area contributed by atoms with Gasteiger partial charge in [-0.05, 0) is 107 Å². The van der Waals surface area contributed by atoms with Gasteiger partial charge >= 0.3 is 0 Å². The van der Waals surface area contributed by atoms with Gasteiger partial charge in [-0.15, -0.1) is 0 Å². The van der Waals surface area contributed by atoms with Crippen LogP contribution in [0.5, 0.6) is 0 Å². The summed E-state index contributed by atoms with van der Waals surface area (Å²) in [5.41, 5.74) is 2.29. The van der Waals surface area contributed by atoms with Crippen molar-refractivity contribution in [2.45, 2.75) is 104 Å². The summed E-state index contributed by atoms with van der Waals surface area (Å²) >= 11 is 0. The second kappa shape index (κ2) is 6.57. The van der Waals surface area contributed by atoms with Crippen LogP contribution in [0.4, 0.5) is 0 Å². The number of hydrogen-bond donors (Lipinski definition) is 2. The van der Waals surface area contributed by atoms with Gasteiger partial charge in [0, 0.05) is 0 Å². The minimum atomic E-state index is -1.09. The van der Waals surface area contributed by atoms with E-state index < -0.39 is 5.79 Å². The van der Waals surface area contributed by atoms with Crippen LogP contribution in [0.1, 0.15) is 86.0 Å². The molecule has 0 bridgehead atoms. The van der Waals surface area contributed by atoms with Gasteiger partial charge in [-0.1, -0.05) is 25.5 Å². The third-order valence-electron chi connectivity index (χ3n) is 9.27. The Morgan fingerprint density at radius 2 is 1.81 bits per heavy atom.